The summed E-state index contributed by atoms with van der Waals surface area (Å²) in [5.74, 6) is -0.679. The zero-order valence-corrected chi connectivity index (χ0v) is 15.2. The number of rotatable bonds is 5. The lowest BCUT2D eigenvalue weighted by atomic mass is 10.1. The molecule has 0 bridgehead atoms. The van der Waals surface area contributed by atoms with Gasteiger partial charge in [0.15, 0.2) is 6.61 Å². The molecule has 2 aromatic rings. The van der Waals surface area contributed by atoms with E-state index >= 15 is 0 Å². The predicted molar refractivity (Wildman–Crippen MR) is 97.5 cm³/mol. The van der Waals surface area contributed by atoms with Crippen LogP contribution in [0, 0.1) is 13.8 Å². The quantitative estimate of drug-likeness (QED) is 0.612. The largest absolute Gasteiger partial charge is 0.454 e. The number of ether oxygens (including phenoxy) is 1. The van der Waals surface area contributed by atoms with Crippen LogP contribution >= 0.6 is 0 Å². The summed E-state index contributed by atoms with van der Waals surface area (Å²) in [6.45, 7) is 4.19. The minimum Gasteiger partial charge on any atom is -0.454 e. The summed E-state index contributed by atoms with van der Waals surface area (Å²) in [7, 11) is 1.89. The third kappa shape index (κ3) is 3.40. The molecule has 1 fully saturated rings. The SMILES string of the molecule is Cc1cc(C(=O)COC(=O)c2ccc(N3CCCC3=O)cc2)c(C)n1C. The van der Waals surface area contributed by atoms with Gasteiger partial charge in [-0.1, -0.05) is 0 Å². The van der Waals surface area contributed by atoms with E-state index in [1.165, 1.54) is 0 Å². The van der Waals surface area contributed by atoms with Crippen LogP contribution in [-0.2, 0) is 16.6 Å². The molecular weight excluding hydrogens is 332 g/mol. The van der Waals surface area contributed by atoms with E-state index in [4.69, 9.17) is 4.74 Å². The Morgan fingerprint density at radius 2 is 1.85 bits per heavy atom. The number of esters is 1. The van der Waals surface area contributed by atoms with Gasteiger partial charge < -0.3 is 14.2 Å². The lowest BCUT2D eigenvalue weighted by Crippen LogP contribution is -2.23. The Hall–Kier alpha value is -2.89. The zero-order valence-electron chi connectivity index (χ0n) is 15.2. The standard InChI is InChI=1S/C20H22N2O4/c1-13-11-17(14(2)21(13)3)18(23)12-26-20(25)15-6-8-16(9-7-15)22-10-4-5-19(22)24/h6-9,11H,4-5,10,12H2,1-3H3. The van der Waals surface area contributed by atoms with Gasteiger partial charge in [0.25, 0.3) is 0 Å². The zero-order chi connectivity index (χ0) is 18.8. The second kappa shape index (κ2) is 7.15. The van der Waals surface area contributed by atoms with E-state index in [0.717, 1.165) is 23.5 Å². The fraction of sp³-hybridized carbons (Fsp3) is 0.350. The molecule has 3 rings (SSSR count). The van der Waals surface area contributed by atoms with Crippen LogP contribution in [0.1, 0.15) is 44.9 Å². The third-order valence-electron chi connectivity index (χ3n) is 4.90. The number of aryl methyl sites for hydroxylation is 1. The molecule has 0 aliphatic carbocycles. The van der Waals surface area contributed by atoms with Crippen LogP contribution in [0.3, 0.4) is 0 Å². The molecule has 1 aromatic carbocycles. The number of hydrogen-bond donors (Lipinski definition) is 0. The normalized spacial score (nSPS) is 14.0. The van der Waals surface area contributed by atoms with Gasteiger partial charge in [-0.05, 0) is 50.6 Å². The Kier molecular flexibility index (Phi) is 4.93. The van der Waals surface area contributed by atoms with Gasteiger partial charge in [0.1, 0.15) is 0 Å². The molecule has 1 saturated heterocycles. The fourth-order valence-corrected chi connectivity index (χ4v) is 3.13. The maximum Gasteiger partial charge on any atom is 0.338 e. The third-order valence-corrected chi connectivity index (χ3v) is 4.90. The number of anilines is 1. The highest BCUT2D eigenvalue weighted by Gasteiger charge is 2.22. The van der Waals surface area contributed by atoms with Crippen molar-refractivity contribution in [1.82, 2.24) is 4.57 Å². The van der Waals surface area contributed by atoms with Crippen LogP contribution in [0.5, 0.6) is 0 Å². The summed E-state index contributed by atoms with van der Waals surface area (Å²) in [5, 5.41) is 0. The van der Waals surface area contributed by atoms with E-state index in [0.29, 0.717) is 24.1 Å². The fourth-order valence-electron chi connectivity index (χ4n) is 3.13. The van der Waals surface area contributed by atoms with Crippen molar-refractivity contribution >= 4 is 23.3 Å². The molecule has 26 heavy (non-hydrogen) atoms. The molecule has 136 valence electrons. The van der Waals surface area contributed by atoms with Crippen molar-refractivity contribution < 1.29 is 19.1 Å². The van der Waals surface area contributed by atoms with Crippen LogP contribution in [0.4, 0.5) is 5.69 Å². The van der Waals surface area contributed by atoms with Gasteiger partial charge in [-0.25, -0.2) is 4.79 Å². The molecule has 1 aliphatic rings. The molecule has 0 radical (unpaired) electrons. The highest BCUT2D eigenvalue weighted by molar-refractivity contribution is 6.00. The second-order valence-electron chi connectivity index (χ2n) is 6.54. The first-order valence-electron chi connectivity index (χ1n) is 8.62. The van der Waals surface area contributed by atoms with Crippen LogP contribution in [-0.4, -0.2) is 35.4 Å². The molecule has 1 aliphatic heterocycles. The van der Waals surface area contributed by atoms with Crippen molar-refractivity contribution in [3.05, 3.63) is 52.8 Å². The van der Waals surface area contributed by atoms with Gasteiger partial charge in [0.2, 0.25) is 11.7 Å². The Labute approximate surface area is 152 Å². The lowest BCUT2D eigenvalue weighted by molar-refractivity contribution is -0.117. The summed E-state index contributed by atoms with van der Waals surface area (Å²) in [5.41, 5.74) is 3.53. The number of Topliss-reactive ketones (excluding diaryl/α,β-unsaturated/α-hetero) is 1. The minimum absolute atomic E-state index is 0.0967. The number of benzene rings is 1. The average molecular weight is 354 g/mol. The average Bonchev–Trinajstić information content (AvgIpc) is 3.18. The number of amides is 1. The summed E-state index contributed by atoms with van der Waals surface area (Å²) in [4.78, 5) is 37.9. The van der Waals surface area contributed by atoms with Gasteiger partial charge >= 0.3 is 5.97 Å². The van der Waals surface area contributed by atoms with Gasteiger partial charge in [-0.2, -0.15) is 0 Å². The maximum atomic E-state index is 12.3. The van der Waals surface area contributed by atoms with E-state index in [2.05, 4.69) is 0 Å². The van der Waals surface area contributed by atoms with Crippen molar-refractivity contribution in [2.45, 2.75) is 26.7 Å². The maximum absolute atomic E-state index is 12.3. The summed E-state index contributed by atoms with van der Waals surface area (Å²) < 4.78 is 7.08. The molecule has 0 unspecified atom stereocenters. The first-order chi connectivity index (χ1) is 12.4. The molecule has 0 spiro atoms. The number of hydrogen-bond acceptors (Lipinski definition) is 4. The molecular formula is C20H22N2O4. The van der Waals surface area contributed by atoms with Gasteiger partial charge in [0, 0.05) is 42.7 Å². The number of ketones is 1. The number of nitrogens with zero attached hydrogens (tertiary/aromatic N) is 2. The summed E-state index contributed by atoms with van der Waals surface area (Å²) in [6, 6.07) is 8.49. The smallest absolute Gasteiger partial charge is 0.338 e. The molecule has 2 heterocycles. The Morgan fingerprint density at radius 3 is 2.38 bits per heavy atom. The van der Waals surface area contributed by atoms with Gasteiger partial charge in [-0.15, -0.1) is 0 Å². The monoisotopic (exact) mass is 354 g/mol. The van der Waals surface area contributed by atoms with E-state index in [1.54, 1.807) is 35.2 Å². The van der Waals surface area contributed by atoms with Crippen LogP contribution in [0.25, 0.3) is 0 Å². The van der Waals surface area contributed by atoms with E-state index in [-0.39, 0.29) is 18.3 Å². The second-order valence-corrected chi connectivity index (χ2v) is 6.54. The van der Waals surface area contributed by atoms with E-state index in [1.807, 2.05) is 25.5 Å². The first kappa shape index (κ1) is 17.9. The van der Waals surface area contributed by atoms with Crippen molar-refractivity contribution in [3.8, 4) is 0 Å². The minimum atomic E-state index is -0.553. The number of carbonyl (C=O) groups is 3. The molecule has 6 nitrogen and oxygen atoms in total. The first-order valence-corrected chi connectivity index (χ1v) is 8.62. The molecule has 0 saturated carbocycles. The van der Waals surface area contributed by atoms with Gasteiger partial charge in [0.05, 0.1) is 5.56 Å². The van der Waals surface area contributed by atoms with Crippen molar-refractivity contribution in [2.24, 2.45) is 7.05 Å². The highest BCUT2D eigenvalue weighted by Crippen LogP contribution is 2.22. The predicted octanol–water partition coefficient (Wildman–Crippen LogP) is 2.81. The molecule has 1 aromatic heterocycles. The van der Waals surface area contributed by atoms with Crippen LogP contribution in [0.2, 0.25) is 0 Å². The van der Waals surface area contributed by atoms with E-state index < -0.39 is 5.97 Å². The number of aromatic nitrogens is 1. The Morgan fingerprint density at radius 1 is 1.15 bits per heavy atom. The molecule has 0 atom stereocenters. The summed E-state index contributed by atoms with van der Waals surface area (Å²) in [6.07, 6.45) is 1.41. The Balaban J connectivity index is 1.62. The van der Waals surface area contributed by atoms with E-state index in [9.17, 15) is 14.4 Å². The van der Waals surface area contributed by atoms with Crippen LogP contribution < -0.4 is 4.90 Å². The van der Waals surface area contributed by atoms with Crippen molar-refractivity contribution in [1.29, 1.82) is 0 Å². The topological polar surface area (TPSA) is 68.6 Å². The van der Waals surface area contributed by atoms with Crippen molar-refractivity contribution in [3.63, 3.8) is 0 Å². The number of carbonyl (C=O) groups excluding carboxylic acids is 3. The lowest BCUT2D eigenvalue weighted by Gasteiger charge is -2.15. The molecule has 6 heteroatoms. The summed E-state index contributed by atoms with van der Waals surface area (Å²) >= 11 is 0. The van der Waals surface area contributed by atoms with Crippen LogP contribution in [0.15, 0.2) is 30.3 Å². The van der Waals surface area contributed by atoms with Gasteiger partial charge in [-0.3, -0.25) is 9.59 Å². The molecule has 1 amide bonds. The van der Waals surface area contributed by atoms with Crippen molar-refractivity contribution in [2.75, 3.05) is 18.1 Å². The Bertz CT molecular complexity index is 865. The highest BCUT2D eigenvalue weighted by atomic mass is 16.5. The molecule has 0 N–H and O–H groups in total.